The highest BCUT2D eigenvalue weighted by Crippen LogP contribution is 2.18. The average Bonchev–Trinajstić information content (AvgIpc) is 2.73. The highest BCUT2D eigenvalue weighted by Gasteiger charge is 2.27. The molecule has 162 valence electrons. The Hall–Kier alpha value is -1.83. The maximum atomic E-state index is 12.2. The second-order valence-corrected chi connectivity index (χ2v) is 7.97. The van der Waals surface area contributed by atoms with Gasteiger partial charge in [0.25, 0.3) is 0 Å². The van der Waals surface area contributed by atoms with Crippen molar-refractivity contribution in [1.29, 1.82) is 0 Å². The topological polar surface area (TPSA) is 57.3 Å². The molecule has 29 heavy (non-hydrogen) atoms. The summed E-state index contributed by atoms with van der Waals surface area (Å²) in [6.45, 7) is 10.5. The molecular weight excluding hydrogens is 368 g/mol. The number of ether oxygens (including phenoxy) is 2. The molecule has 2 fully saturated rings. The van der Waals surface area contributed by atoms with Crippen molar-refractivity contribution >= 4 is 5.91 Å². The van der Waals surface area contributed by atoms with E-state index in [-0.39, 0.29) is 5.91 Å². The van der Waals surface area contributed by atoms with Crippen LogP contribution in [0.1, 0.15) is 19.8 Å². The van der Waals surface area contributed by atoms with Crippen LogP contribution in [-0.2, 0) is 4.79 Å². The first-order chi connectivity index (χ1) is 14.1. The number of rotatable bonds is 9. The van der Waals surface area contributed by atoms with Crippen LogP contribution in [0.2, 0.25) is 0 Å². The van der Waals surface area contributed by atoms with Crippen molar-refractivity contribution in [3.05, 3.63) is 24.3 Å². The summed E-state index contributed by atoms with van der Waals surface area (Å²) in [6.07, 6.45) is 2.60. The fraction of sp³-hybridized carbons (Fsp3) is 0.682. The van der Waals surface area contributed by atoms with Gasteiger partial charge in [-0.05, 0) is 57.6 Å². The fourth-order valence-electron chi connectivity index (χ4n) is 4.14. The Morgan fingerprint density at radius 2 is 1.76 bits per heavy atom. The lowest BCUT2D eigenvalue weighted by Gasteiger charge is -2.42. The summed E-state index contributed by atoms with van der Waals surface area (Å²) in [7, 11) is 2.21. The third-order valence-electron chi connectivity index (χ3n) is 5.72. The summed E-state index contributed by atoms with van der Waals surface area (Å²) in [5.41, 5.74) is 0. The summed E-state index contributed by atoms with van der Waals surface area (Å²) in [5.74, 6) is 1.70. The van der Waals surface area contributed by atoms with E-state index in [0.29, 0.717) is 32.3 Å². The first kappa shape index (κ1) is 21.9. The van der Waals surface area contributed by atoms with Crippen LogP contribution in [-0.4, -0.2) is 99.3 Å². The molecule has 0 aliphatic carbocycles. The third kappa shape index (κ3) is 7.17. The zero-order valence-corrected chi connectivity index (χ0v) is 17.9. The second kappa shape index (κ2) is 11.4. The van der Waals surface area contributed by atoms with Gasteiger partial charge in [0.15, 0.2) is 0 Å². The quantitative estimate of drug-likeness (QED) is 0.626. The number of piperazine rings is 1. The van der Waals surface area contributed by atoms with Crippen LogP contribution in [0.15, 0.2) is 24.3 Å². The Morgan fingerprint density at radius 1 is 1.07 bits per heavy atom. The number of hydrogen-bond acceptors (Lipinski definition) is 6. The fourth-order valence-corrected chi connectivity index (χ4v) is 4.14. The summed E-state index contributed by atoms with van der Waals surface area (Å²) in [6, 6.07) is 8.24. The lowest BCUT2D eigenvalue weighted by atomic mass is 10.0. The number of carbonyl (C=O) groups is 1. The zero-order chi connectivity index (χ0) is 20.5. The third-order valence-corrected chi connectivity index (χ3v) is 5.72. The molecule has 0 saturated carbocycles. The molecule has 1 atom stereocenters. The molecule has 1 N–H and O–H groups in total. The SMILES string of the molecule is CCOc1ccc(OCCNC(=O)CN2CCN(C3CCCN(C)C3)CC2)cc1. The van der Waals surface area contributed by atoms with Crippen LogP contribution in [0.5, 0.6) is 11.5 Å². The number of carbonyl (C=O) groups excluding carboxylic acids is 1. The average molecular weight is 405 g/mol. The molecule has 0 bridgehead atoms. The summed E-state index contributed by atoms with van der Waals surface area (Å²) in [4.78, 5) is 19.5. The van der Waals surface area contributed by atoms with Gasteiger partial charge >= 0.3 is 0 Å². The molecule has 2 heterocycles. The predicted octanol–water partition coefficient (Wildman–Crippen LogP) is 1.29. The van der Waals surface area contributed by atoms with E-state index < -0.39 is 0 Å². The Bertz CT molecular complexity index is 617. The normalized spacial score (nSPS) is 21.7. The molecule has 1 amide bonds. The number of nitrogens with one attached hydrogen (secondary N) is 1. The van der Waals surface area contributed by atoms with Gasteiger partial charge in [0, 0.05) is 38.8 Å². The number of nitrogens with zero attached hydrogens (tertiary/aromatic N) is 3. The van der Waals surface area contributed by atoms with Gasteiger partial charge in [0.1, 0.15) is 18.1 Å². The zero-order valence-electron chi connectivity index (χ0n) is 17.9. The molecule has 3 rings (SSSR count). The van der Waals surface area contributed by atoms with E-state index in [9.17, 15) is 4.79 Å². The van der Waals surface area contributed by atoms with Gasteiger partial charge < -0.3 is 19.7 Å². The summed E-state index contributed by atoms with van der Waals surface area (Å²) in [5, 5.41) is 2.96. The maximum Gasteiger partial charge on any atom is 0.234 e. The highest BCUT2D eigenvalue weighted by atomic mass is 16.5. The van der Waals surface area contributed by atoms with Gasteiger partial charge in [-0.25, -0.2) is 0 Å². The first-order valence-electron chi connectivity index (χ1n) is 10.9. The first-order valence-corrected chi connectivity index (χ1v) is 10.9. The molecule has 7 heteroatoms. The number of benzene rings is 1. The molecule has 2 saturated heterocycles. The van der Waals surface area contributed by atoms with Crippen molar-refractivity contribution in [1.82, 2.24) is 20.0 Å². The molecule has 0 spiro atoms. The lowest BCUT2D eigenvalue weighted by molar-refractivity contribution is -0.122. The van der Waals surface area contributed by atoms with E-state index in [0.717, 1.165) is 37.7 Å². The molecular formula is C22H36N4O3. The highest BCUT2D eigenvalue weighted by molar-refractivity contribution is 5.78. The standard InChI is InChI=1S/C22H36N4O3/c1-3-28-20-6-8-21(9-7-20)29-16-10-23-22(27)18-25-12-14-26(15-13-25)19-5-4-11-24(2)17-19/h6-9,19H,3-5,10-18H2,1-2H3,(H,23,27). The smallest absolute Gasteiger partial charge is 0.234 e. The van der Waals surface area contributed by atoms with Gasteiger partial charge in [-0.2, -0.15) is 0 Å². The second-order valence-electron chi connectivity index (χ2n) is 7.97. The number of hydrogen-bond donors (Lipinski definition) is 1. The molecule has 2 aliphatic rings. The van der Waals surface area contributed by atoms with Crippen molar-refractivity contribution in [3.8, 4) is 11.5 Å². The van der Waals surface area contributed by atoms with E-state index in [1.807, 2.05) is 31.2 Å². The lowest BCUT2D eigenvalue weighted by Crippen LogP contribution is -2.55. The minimum Gasteiger partial charge on any atom is -0.494 e. The van der Waals surface area contributed by atoms with Gasteiger partial charge in [0.2, 0.25) is 5.91 Å². The van der Waals surface area contributed by atoms with Crippen molar-refractivity contribution in [2.45, 2.75) is 25.8 Å². The summed E-state index contributed by atoms with van der Waals surface area (Å²) >= 11 is 0. The molecule has 1 aromatic carbocycles. The van der Waals surface area contributed by atoms with Crippen molar-refractivity contribution in [3.63, 3.8) is 0 Å². The van der Waals surface area contributed by atoms with Crippen molar-refractivity contribution in [2.75, 3.05) is 72.6 Å². The Balaban J connectivity index is 1.27. The van der Waals surface area contributed by atoms with E-state index in [4.69, 9.17) is 9.47 Å². The molecule has 0 radical (unpaired) electrons. The van der Waals surface area contributed by atoms with E-state index in [2.05, 4.69) is 27.1 Å². The number of amides is 1. The Labute approximate surface area is 174 Å². The van der Waals surface area contributed by atoms with Crippen LogP contribution < -0.4 is 14.8 Å². The molecule has 1 aromatic rings. The van der Waals surface area contributed by atoms with E-state index >= 15 is 0 Å². The monoisotopic (exact) mass is 404 g/mol. The summed E-state index contributed by atoms with van der Waals surface area (Å²) < 4.78 is 11.1. The van der Waals surface area contributed by atoms with Crippen LogP contribution in [0.4, 0.5) is 0 Å². The van der Waals surface area contributed by atoms with Gasteiger partial charge in [0.05, 0.1) is 19.7 Å². The molecule has 2 aliphatic heterocycles. The Morgan fingerprint density at radius 3 is 2.41 bits per heavy atom. The number of likely N-dealkylation sites (N-methyl/N-ethyl adjacent to an activating group) is 1. The molecule has 7 nitrogen and oxygen atoms in total. The van der Waals surface area contributed by atoms with E-state index in [1.54, 1.807) is 0 Å². The Kier molecular flexibility index (Phi) is 8.58. The largest absolute Gasteiger partial charge is 0.494 e. The van der Waals surface area contributed by atoms with Crippen LogP contribution >= 0.6 is 0 Å². The van der Waals surface area contributed by atoms with Gasteiger partial charge in [-0.15, -0.1) is 0 Å². The van der Waals surface area contributed by atoms with Crippen molar-refractivity contribution in [2.24, 2.45) is 0 Å². The molecule has 0 aromatic heterocycles. The van der Waals surface area contributed by atoms with Crippen LogP contribution in [0.3, 0.4) is 0 Å². The van der Waals surface area contributed by atoms with E-state index in [1.165, 1.54) is 25.9 Å². The predicted molar refractivity (Wildman–Crippen MR) is 115 cm³/mol. The maximum absolute atomic E-state index is 12.2. The van der Waals surface area contributed by atoms with Gasteiger partial charge in [-0.3, -0.25) is 14.6 Å². The van der Waals surface area contributed by atoms with Gasteiger partial charge in [-0.1, -0.05) is 0 Å². The van der Waals surface area contributed by atoms with Crippen LogP contribution in [0.25, 0.3) is 0 Å². The number of piperidine rings is 1. The molecule has 1 unspecified atom stereocenters. The number of likely N-dealkylation sites (tertiary alicyclic amines) is 1. The minimum absolute atomic E-state index is 0.0751. The minimum atomic E-state index is 0.0751. The van der Waals surface area contributed by atoms with Crippen molar-refractivity contribution < 1.29 is 14.3 Å². The van der Waals surface area contributed by atoms with Crippen LogP contribution in [0, 0.1) is 0 Å².